The van der Waals surface area contributed by atoms with E-state index in [2.05, 4.69) is 20.8 Å². The number of halogens is 1. The van der Waals surface area contributed by atoms with Gasteiger partial charge in [0.1, 0.15) is 6.04 Å². The summed E-state index contributed by atoms with van der Waals surface area (Å²) in [5.41, 5.74) is 1.66. The molecule has 164 valence electrons. The lowest BCUT2D eigenvalue weighted by Crippen LogP contribution is -2.47. The molecule has 2 amide bonds. The van der Waals surface area contributed by atoms with Gasteiger partial charge < -0.3 is 10.6 Å². The summed E-state index contributed by atoms with van der Waals surface area (Å²) >= 11 is 7.41. The van der Waals surface area contributed by atoms with Crippen LogP contribution in [0.3, 0.4) is 0 Å². The molecule has 0 radical (unpaired) electrons. The maximum atomic E-state index is 12.9. The zero-order chi connectivity index (χ0) is 22.7. The van der Waals surface area contributed by atoms with Crippen LogP contribution in [0.1, 0.15) is 19.4 Å². The fourth-order valence-electron chi connectivity index (χ4n) is 3.47. The van der Waals surface area contributed by atoms with Crippen molar-refractivity contribution in [3.63, 3.8) is 0 Å². The van der Waals surface area contributed by atoms with E-state index in [0.717, 1.165) is 26.9 Å². The molecule has 1 atom stereocenters. The number of nitrogens with one attached hydrogen (secondary N) is 3. The highest BCUT2D eigenvalue weighted by atomic mass is 35.5. The average Bonchev–Trinajstić information content (AvgIpc) is 3.40. The molecule has 1 unspecified atom stereocenters. The number of benzene rings is 2. The van der Waals surface area contributed by atoms with Crippen LogP contribution in [-0.4, -0.2) is 28.1 Å². The molecular formula is C24H23ClN4O2S. The second-order valence-electron chi connectivity index (χ2n) is 7.91. The number of rotatable bonds is 7. The summed E-state index contributed by atoms with van der Waals surface area (Å²) in [5.74, 6) is -0.215. The van der Waals surface area contributed by atoms with Gasteiger partial charge in [-0.1, -0.05) is 67.9 Å². The minimum absolute atomic E-state index is 0.0925. The van der Waals surface area contributed by atoms with E-state index < -0.39 is 6.04 Å². The summed E-state index contributed by atoms with van der Waals surface area (Å²) in [4.78, 5) is 26.5. The number of amides is 2. The van der Waals surface area contributed by atoms with Crippen LogP contribution in [0, 0.1) is 5.92 Å². The van der Waals surface area contributed by atoms with E-state index in [1.807, 2.05) is 62.4 Å². The predicted molar refractivity (Wildman–Crippen MR) is 130 cm³/mol. The number of aromatic amines is 1. The van der Waals surface area contributed by atoms with Gasteiger partial charge in [-0.3, -0.25) is 14.7 Å². The zero-order valence-corrected chi connectivity index (χ0v) is 19.3. The summed E-state index contributed by atoms with van der Waals surface area (Å²) < 4.78 is 0.675. The van der Waals surface area contributed by atoms with Crippen LogP contribution < -0.4 is 10.6 Å². The number of hydrogen-bond acceptors (Lipinski definition) is 4. The van der Waals surface area contributed by atoms with Gasteiger partial charge in [-0.25, -0.2) is 0 Å². The monoisotopic (exact) mass is 466 g/mol. The van der Waals surface area contributed by atoms with E-state index in [1.54, 1.807) is 12.1 Å². The topological polar surface area (TPSA) is 86.9 Å². The molecule has 0 aliphatic rings. The number of hydrogen-bond donors (Lipinski definition) is 3. The van der Waals surface area contributed by atoms with Gasteiger partial charge >= 0.3 is 0 Å². The highest BCUT2D eigenvalue weighted by Gasteiger charge is 2.25. The SMILES string of the molecule is CC(C)C(NC(=O)Cc1ccc2ccccc2c1)C(=O)Nc1cc(-c2ccc(Cl)s2)[nH]n1. The highest BCUT2D eigenvalue weighted by molar-refractivity contribution is 7.19. The van der Waals surface area contributed by atoms with Crippen LogP contribution >= 0.6 is 22.9 Å². The number of aromatic nitrogens is 2. The molecule has 0 saturated carbocycles. The molecule has 0 fully saturated rings. The number of H-pyrrole nitrogens is 1. The molecule has 3 N–H and O–H groups in total. The summed E-state index contributed by atoms with van der Waals surface area (Å²) in [7, 11) is 0. The first-order chi connectivity index (χ1) is 15.4. The van der Waals surface area contributed by atoms with Gasteiger partial charge in [0.05, 0.1) is 21.3 Å². The Kier molecular flexibility index (Phi) is 6.58. The van der Waals surface area contributed by atoms with Crippen molar-refractivity contribution in [2.45, 2.75) is 26.3 Å². The van der Waals surface area contributed by atoms with E-state index in [-0.39, 0.29) is 24.2 Å². The van der Waals surface area contributed by atoms with Crippen LogP contribution in [-0.2, 0) is 16.0 Å². The minimum Gasteiger partial charge on any atom is -0.344 e. The van der Waals surface area contributed by atoms with Crippen LogP contribution in [0.15, 0.2) is 60.7 Å². The maximum Gasteiger partial charge on any atom is 0.248 e. The minimum atomic E-state index is -0.681. The largest absolute Gasteiger partial charge is 0.344 e. The Hall–Kier alpha value is -3.16. The fourth-order valence-corrected chi connectivity index (χ4v) is 4.48. The lowest BCUT2D eigenvalue weighted by Gasteiger charge is -2.21. The number of carbonyl (C=O) groups excluding carboxylic acids is 2. The molecule has 0 bridgehead atoms. The second-order valence-corrected chi connectivity index (χ2v) is 9.62. The molecule has 0 spiro atoms. The van der Waals surface area contributed by atoms with E-state index in [1.165, 1.54) is 11.3 Å². The molecule has 0 saturated heterocycles. The standard InChI is InChI=1S/C24H23ClN4O2S/c1-14(2)23(24(31)26-21-13-18(28-29-21)19-9-10-20(25)32-19)27-22(30)12-15-7-8-16-5-3-4-6-17(16)11-15/h3-11,13-14,23H,12H2,1-2H3,(H,27,30)(H2,26,28,29,31). The van der Waals surface area contributed by atoms with E-state index in [0.29, 0.717) is 10.2 Å². The number of nitrogens with zero attached hydrogens (tertiary/aromatic N) is 1. The third kappa shape index (κ3) is 5.18. The van der Waals surface area contributed by atoms with Crippen molar-refractivity contribution in [1.82, 2.24) is 15.5 Å². The summed E-state index contributed by atoms with van der Waals surface area (Å²) in [6.45, 7) is 3.79. The Labute approximate surface area is 195 Å². The van der Waals surface area contributed by atoms with Gasteiger partial charge in [0.25, 0.3) is 0 Å². The van der Waals surface area contributed by atoms with Crippen molar-refractivity contribution >= 4 is 51.3 Å². The average molecular weight is 467 g/mol. The molecule has 0 aliphatic heterocycles. The fraction of sp³-hybridized carbons (Fsp3) is 0.208. The molecule has 32 heavy (non-hydrogen) atoms. The quantitative estimate of drug-likeness (QED) is 0.347. The highest BCUT2D eigenvalue weighted by Crippen LogP contribution is 2.30. The Morgan fingerprint density at radius 3 is 2.56 bits per heavy atom. The normalized spacial score (nSPS) is 12.1. The lowest BCUT2D eigenvalue weighted by molar-refractivity contribution is -0.127. The van der Waals surface area contributed by atoms with Gasteiger partial charge in [0, 0.05) is 6.07 Å². The number of thiophene rings is 1. The van der Waals surface area contributed by atoms with Gasteiger partial charge in [-0.2, -0.15) is 5.10 Å². The van der Waals surface area contributed by atoms with E-state index >= 15 is 0 Å². The first kappa shape index (κ1) is 22.0. The summed E-state index contributed by atoms with van der Waals surface area (Å²) in [5, 5.41) is 14.9. The van der Waals surface area contributed by atoms with E-state index in [9.17, 15) is 9.59 Å². The molecule has 2 aromatic heterocycles. The third-order valence-corrected chi connectivity index (χ3v) is 6.38. The van der Waals surface area contributed by atoms with Gasteiger partial charge in [0.2, 0.25) is 11.8 Å². The van der Waals surface area contributed by atoms with E-state index in [4.69, 9.17) is 11.6 Å². The van der Waals surface area contributed by atoms with Gasteiger partial charge in [-0.15, -0.1) is 11.3 Å². The molecule has 8 heteroatoms. The maximum absolute atomic E-state index is 12.9. The molecule has 4 aromatic rings. The van der Waals surface area contributed by atoms with Crippen LogP contribution in [0.25, 0.3) is 21.3 Å². The Morgan fingerprint density at radius 1 is 1.06 bits per heavy atom. The van der Waals surface area contributed by atoms with Crippen molar-refractivity contribution < 1.29 is 9.59 Å². The van der Waals surface area contributed by atoms with Crippen LogP contribution in [0.5, 0.6) is 0 Å². The Morgan fingerprint density at radius 2 is 1.84 bits per heavy atom. The Balaban J connectivity index is 1.40. The second kappa shape index (κ2) is 9.54. The van der Waals surface area contributed by atoms with Crippen molar-refractivity contribution in [2.24, 2.45) is 5.92 Å². The summed E-state index contributed by atoms with van der Waals surface area (Å²) in [6, 6.07) is 18.7. The molecule has 4 rings (SSSR count). The van der Waals surface area contributed by atoms with Gasteiger partial charge in [0.15, 0.2) is 5.82 Å². The first-order valence-electron chi connectivity index (χ1n) is 10.3. The molecule has 6 nitrogen and oxygen atoms in total. The lowest BCUT2D eigenvalue weighted by atomic mass is 10.0. The van der Waals surface area contributed by atoms with Crippen LogP contribution in [0.4, 0.5) is 5.82 Å². The smallest absolute Gasteiger partial charge is 0.248 e. The molecule has 2 heterocycles. The summed E-state index contributed by atoms with van der Waals surface area (Å²) in [6.07, 6.45) is 0.201. The Bertz CT molecular complexity index is 1260. The molecule has 0 aliphatic carbocycles. The molecular weight excluding hydrogens is 444 g/mol. The van der Waals surface area contributed by atoms with Crippen molar-refractivity contribution in [2.75, 3.05) is 5.32 Å². The number of fused-ring (bicyclic) bond motifs is 1. The molecule has 2 aromatic carbocycles. The van der Waals surface area contributed by atoms with Gasteiger partial charge in [-0.05, 0) is 34.4 Å². The predicted octanol–water partition coefficient (Wildman–Crippen LogP) is 5.27. The van der Waals surface area contributed by atoms with Crippen molar-refractivity contribution in [1.29, 1.82) is 0 Å². The zero-order valence-electron chi connectivity index (χ0n) is 17.7. The van der Waals surface area contributed by atoms with Crippen LogP contribution in [0.2, 0.25) is 4.34 Å². The van der Waals surface area contributed by atoms with Crippen molar-refractivity contribution in [3.05, 3.63) is 70.6 Å². The first-order valence-corrected chi connectivity index (χ1v) is 11.5. The third-order valence-electron chi connectivity index (χ3n) is 5.11. The van der Waals surface area contributed by atoms with Crippen molar-refractivity contribution in [3.8, 4) is 10.6 Å². The number of carbonyl (C=O) groups is 2. The number of anilines is 1.